The van der Waals surface area contributed by atoms with Crippen LogP contribution in [0.1, 0.15) is 0 Å². The Morgan fingerprint density at radius 1 is 1.27 bits per heavy atom. The maximum atomic E-state index is 4.42. The van der Waals surface area contributed by atoms with Crippen molar-refractivity contribution in [3.05, 3.63) is 41.1 Å². The Kier molecular flexibility index (Phi) is 1.85. The van der Waals surface area contributed by atoms with E-state index in [1.54, 1.807) is 10.9 Å². The fourth-order valence-electron chi connectivity index (χ4n) is 1.46. The molecule has 3 aromatic rings. The number of nitrogens with zero attached hydrogens (tertiary/aromatic N) is 3. The van der Waals surface area contributed by atoms with Gasteiger partial charge in [0.05, 0.1) is 21.7 Å². The van der Waals surface area contributed by atoms with Gasteiger partial charge in [-0.05, 0) is 28.1 Å². The highest BCUT2D eigenvalue weighted by molar-refractivity contribution is 9.10. The van der Waals surface area contributed by atoms with Crippen molar-refractivity contribution in [2.45, 2.75) is 0 Å². The zero-order chi connectivity index (χ0) is 10.3. The third-order valence-corrected chi connectivity index (χ3v) is 2.55. The maximum Gasteiger partial charge on any atom is 0.229 e. The number of halogens is 1. The highest BCUT2D eigenvalue weighted by atomic mass is 79.9. The highest BCUT2D eigenvalue weighted by Crippen LogP contribution is 2.14. The van der Waals surface area contributed by atoms with E-state index >= 15 is 0 Å². The van der Waals surface area contributed by atoms with E-state index in [-0.39, 0.29) is 0 Å². The largest absolute Gasteiger partial charge is 0.322 e. The second kappa shape index (κ2) is 3.20. The minimum Gasteiger partial charge on any atom is -0.322 e. The predicted octanol–water partition coefficient (Wildman–Crippen LogP) is 2.51. The third-order valence-electron chi connectivity index (χ3n) is 2.14. The van der Waals surface area contributed by atoms with Crippen molar-refractivity contribution in [1.29, 1.82) is 0 Å². The molecule has 0 spiro atoms. The van der Waals surface area contributed by atoms with Crippen LogP contribution >= 0.6 is 15.9 Å². The van der Waals surface area contributed by atoms with Gasteiger partial charge in [-0.1, -0.05) is 12.1 Å². The molecule has 2 aromatic heterocycles. The van der Waals surface area contributed by atoms with Crippen LogP contribution in [-0.4, -0.2) is 19.7 Å². The van der Waals surface area contributed by atoms with Crippen molar-refractivity contribution in [3.8, 4) is 5.95 Å². The number of hydrogen-bond acceptors (Lipinski definition) is 2. The summed E-state index contributed by atoms with van der Waals surface area (Å²) in [6.45, 7) is 0. The summed E-state index contributed by atoms with van der Waals surface area (Å²) >= 11 is 3.35. The molecule has 0 radical (unpaired) electrons. The monoisotopic (exact) mass is 262 g/mol. The van der Waals surface area contributed by atoms with Gasteiger partial charge >= 0.3 is 0 Å². The molecule has 74 valence electrons. The number of aromatic amines is 1. The quantitative estimate of drug-likeness (QED) is 0.733. The van der Waals surface area contributed by atoms with Crippen LogP contribution < -0.4 is 0 Å². The van der Waals surface area contributed by atoms with E-state index in [2.05, 4.69) is 31.0 Å². The van der Waals surface area contributed by atoms with Crippen LogP contribution in [0, 0.1) is 0 Å². The first-order valence-electron chi connectivity index (χ1n) is 4.48. The number of fused-ring (bicyclic) bond motifs is 1. The van der Waals surface area contributed by atoms with Crippen LogP contribution in [0.3, 0.4) is 0 Å². The maximum absolute atomic E-state index is 4.42. The lowest BCUT2D eigenvalue weighted by molar-refractivity contribution is 0.829. The number of para-hydroxylation sites is 2. The molecular weight excluding hydrogens is 256 g/mol. The van der Waals surface area contributed by atoms with Crippen LogP contribution in [-0.2, 0) is 0 Å². The fraction of sp³-hybridized carbons (Fsp3) is 0. The molecule has 0 unspecified atom stereocenters. The number of imidazole rings is 1. The topological polar surface area (TPSA) is 46.5 Å². The molecule has 15 heavy (non-hydrogen) atoms. The van der Waals surface area contributed by atoms with Gasteiger partial charge in [-0.3, -0.25) is 0 Å². The van der Waals surface area contributed by atoms with Crippen LogP contribution in [0.2, 0.25) is 0 Å². The first-order valence-corrected chi connectivity index (χ1v) is 5.27. The van der Waals surface area contributed by atoms with Gasteiger partial charge < -0.3 is 4.98 Å². The van der Waals surface area contributed by atoms with Gasteiger partial charge in [-0.25, -0.2) is 9.67 Å². The van der Waals surface area contributed by atoms with Crippen LogP contribution in [0.4, 0.5) is 0 Å². The molecule has 5 heteroatoms. The van der Waals surface area contributed by atoms with Crippen LogP contribution in [0.5, 0.6) is 0 Å². The van der Waals surface area contributed by atoms with E-state index in [1.165, 1.54) is 0 Å². The third kappa shape index (κ3) is 1.45. The number of benzene rings is 1. The van der Waals surface area contributed by atoms with Gasteiger partial charge in [0, 0.05) is 6.20 Å². The molecule has 0 amide bonds. The fourth-order valence-corrected chi connectivity index (χ4v) is 1.75. The van der Waals surface area contributed by atoms with Gasteiger partial charge in [0.15, 0.2) is 0 Å². The van der Waals surface area contributed by atoms with E-state index in [4.69, 9.17) is 0 Å². The molecule has 4 nitrogen and oxygen atoms in total. The SMILES string of the molecule is Brc1cnn(-c2nc3ccccc3[nH]2)c1. The van der Waals surface area contributed by atoms with Crippen molar-refractivity contribution in [2.75, 3.05) is 0 Å². The van der Waals surface area contributed by atoms with Gasteiger partial charge in [-0.2, -0.15) is 5.10 Å². The summed E-state index contributed by atoms with van der Waals surface area (Å²) in [6.07, 6.45) is 3.59. The first-order chi connectivity index (χ1) is 7.33. The van der Waals surface area contributed by atoms with E-state index < -0.39 is 0 Å². The summed E-state index contributed by atoms with van der Waals surface area (Å²) in [5.41, 5.74) is 1.96. The molecule has 0 atom stereocenters. The molecular formula is C10H7BrN4. The molecule has 0 aliphatic rings. The number of H-pyrrole nitrogens is 1. The van der Waals surface area contributed by atoms with Gasteiger partial charge in [0.1, 0.15) is 0 Å². The Balaban J connectivity index is 2.19. The molecule has 1 aromatic carbocycles. The minimum atomic E-state index is 0.724. The zero-order valence-corrected chi connectivity index (χ0v) is 9.27. The van der Waals surface area contributed by atoms with Crippen molar-refractivity contribution >= 4 is 27.0 Å². The lowest BCUT2D eigenvalue weighted by Gasteiger charge is -1.91. The van der Waals surface area contributed by atoms with Gasteiger partial charge in [-0.15, -0.1) is 0 Å². The highest BCUT2D eigenvalue weighted by Gasteiger charge is 2.04. The van der Waals surface area contributed by atoms with E-state index in [0.29, 0.717) is 0 Å². The van der Waals surface area contributed by atoms with Crippen LogP contribution in [0.25, 0.3) is 17.0 Å². The molecule has 3 rings (SSSR count). The Bertz CT molecular complexity index is 577. The number of aromatic nitrogens is 4. The lowest BCUT2D eigenvalue weighted by Crippen LogP contribution is -1.95. The molecule has 2 heterocycles. The second-order valence-corrected chi connectivity index (χ2v) is 4.10. The summed E-state index contributed by atoms with van der Waals surface area (Å²) in [5, 5.41) is 4.16. The Labute approximate surface area is 94.1 Å². The van der Waals surface area contributed by atoms with Crippen molar-refractivity contribution in [2.24, 2.45) is 0 Å². The predicted molar refractivity (Wildman–Crippen MR) is 60.9 cm³/mol. The molecule has 0 bridgehead atoms. The van der Waals surface area contributed by atoms with Gasteiger partial charge in [0.25, 0.3) is 0 Å². The minimum absolute atomic E-state index is 0.724. The summed E-state index contributed by atoms with van der Waals surface area (Å²) in [7, 11) is 0. The van der Waals surface area contributed by atoms with Crippen molar-refractivity contribution < 1.29 is 0 Å². The number of nitrogens with one attached hydrogen (secondary N) is 1. The summed E-state index contributed by atoms with van der Waals surface area (Å²) < 4.78 is 2.63. The van der Waals surface area contributed by atoms with E-state index in [1.807, 2.05) is 30.5 Å². The number of rotatable bonds is 1. The average molecular weight is 263 g/mol. The van der Waals surface area contributed by atoms with Crippen molar-refractivity contribution in [1.82, 2.24) is 19.7 Å². The zero-order valence-electron chi connectivity index (χ0n) is 7.68. The first kappa shape index (κ1) is 8.67. The standard InChI is InChI=1S/C10H7BrN4/c11-7-5-12-15(6-7)10-13-8-3-1-2-4-9(8)14-10/h1-6H,(H,13,14). The van der Waals surface area contributed by atoms with E-state index in [0.717, 1.165) is 21.5 Å². The van der Waals surface area contributed by atoms with E-state index in [9.17, 15) is 0 Å². The molecule has 1 N–H and O–H groups in total. The lowest BCUT2D eigenvalue weighted by atomic mass is 10.3. The number of hydrogen-bond donors (Lipinski definition) is 1. The summed E-state index contributed by atoms with van der Waals surface area (Å²) in [4.78, 5) is 7.61. The molecule has 0 saturated heterocycles. The second-order valence-electron chi connectivity index (χ2n) is 3.18. The molecule has 0 aliphatic heterocycles. The Morgan fingerprint density at radius 3 is 2.87 bits per heavy atom. The summed E-state index contributed by atoms with van der Waals surface area (Å²) in [6, 6.07) is 7.90. The van der Waals surface area contributed by atoms with Gasteiger partial charge in [0.2, 0.25) is 5.95 Å². The normalized spacial score (nSPS) is 11.0. The summed E-state index contributed by atoms with van der Waals surface area (Å²) in [5.74, 6) is 0.724. The molecule has 0 aliphatic carbocycles. The van der Waals surface area contributed by atoms with Crippen molar-refractivity contribution in [3.63, 3.8) is 0 Å². The van der Waals surface area contributed by atoms with Crippen LogP contribution in [0.15, 0.2) is 41.1 Å². The Morgan fingerprint density at radius 2 is 2.13 bits per heavy atom. The smallest absolute Gasteiger partial charge is 0.229 e. The molecule has 0 fully saturated rings. The average Bonchev–Trinajstić information content (AvgIpc) is 2.82. The Hall–Kier alpha value is -1.62. The molecule has 0 saturated carbocycles.